The molecule has 1 aliphatic carbocycles. The minimum Gasteiger partial charge on any atom is -0.339 e. The SMILES string of the molecule is Cl.O=C(C1CC1)N1CCCCCC1C1CCN(Cc2ccccc2Br)CC1. The Morgan fingerprint density at radius 1 is 0.963 bits per heavy atom. The third-order valence-electron chi connectivity index (χ3n) is 6.54. The molecule has 27 heavy (non-hydrogen) atoms. The summed E-state index contributed by atoms with van der Waals surface area (Å²) >= 11 is 3.68. The number of nitrogens with zero attached hydrogens (tertiary/aromatic N) is 2. The molecule has 0 spiro atoms. The van der Waals surface area contributed by atoms with Gasteiger partial charge in [0.2, 0.25) is 5.91 Å². The number of benzene rings is 1. The smallest absolute Gasteiger partial charge is 0.225 e. The van der Waals surface area contributed by atoms with Crippen LogP contribution in [0.2, 0.25) is 0 Å². The van der Waals surface area contributed by atoms with Crippen LogP contribution in [0.3, 0.4) is 0 Å². The van der Waals surface area contributed by atoms with Crippen molar-refractivity contribution in [3.8, 4) is 0 Å². The summed E-state index contributed by atoms with van der Waals surface area (Å²) in [7, 11) is 0. The molecule has 2 aliphatic heterocycles. The molecule has 1 amide bonds. The number of piperidine rings is 1. The summed E-state index contributed by atoms with van der Waals surface area (Å²) < 4.78 is 1.21. The van der Waals surface area contributed by atoms with Crippen LogP contribution in [0.5, 0.6) is 0 Å². The van der Waals surface area contributed by atoms with Gasteiger partial charge in [0.1, 0.15) is 0 Å². The number of carbonyl (C=O) groups excluding carboxylic acids is 1. The van der Waals surface area contributed by atoms with E-state index in [0.29, 0.717) is 23.8 Å². The molecule has 0 bridgehead atoms. The molecule has 150 valence electrons. The van der Waals surface area contributed by atoms with E-state index in [9.17, 15) is 4.79 Å². The molecule has 2 heterocycles. The van der Waals surface area contributed by atoms with E-state index in [-0.39, 0.29) is 12.4 Å². The van der Waals surface area contributed by atoms with Gasteiger partial charge in [-0.15, -0.1) is 12.4 Å². The van der Waals surface area contributed by atoms with Gasteiger partial charge in [0, 0.05) is 29.5 Å². The highest BCUT2D eigenvalue weighted by Crippen LogP contribution is 2.36. The second-order valence-electron chi connectivity index (χ2n) is 8.43. The van der Waals surface area contributed by atoms with Crippen LogP contribution < -0.4 is 0 Å². The van der Waals surface area contributed by atoms with Crippen LogP contribution in [-0.4, -0.2) is 41.4 Å². The first-order valence-corrected chi connectivity index (χ1v) is 11.3. The molecule has 0 N–H and O–H groups in total. The van der Waals surface area contributed by atoms with Gasteiger partial charge in [0.05, 0.1) is 0 Å². The van der Waals surface area contributed by atoms with E-state index in [1.54, 1.807) is 0 Å². The fourth-order valence-electron chi connectivity index (χ4n) is 4.83. The highest BCUT2D eigenvalue weighted by molar-refractivity contribution is 9.10. The first-order valence-electron chi connectivity index (χ1n) is 10.5. The van der Waals surface area contributed by atoms with E-state index in [2.05, 4.69) is 50.0 Å². The monoisotopic (exact) mass is 454 g/mol. The minimum absolute atomic E-state index is 0. The van der Waals surface area contributed by atoms with E-state index >= 15 is 0 Å². The fourth-order valence-corrected chi connectivity index (χ4v) is 5.24. The molecule has 3 aliphatic rings. The maximum atomic E-state index is 12.8. The number of carbonyl (C=O) groups is 1. The molecule has 1 aromatic carbocycles. The summed E-state index contributed by atoms with van der Waals surface area (Å²) in [5, 5.41) is 0. The quantitative estimate of drug-likeness (QED) is 0.618. The predicted molar refractivity (Wildman–Crippen MR) is 116 cm³/mol. The average Bonchev–Trinajstić information content (AvgIpc) is 3.51. The fraction of sp³-hybridized carbons (Fsp3) is 0.682. The molecule has 1 unspecified atom stereocenters. The number of likely N-dealkylation sites (tertiary alicyclic amines) is 2. The highest BCUT2D eigenvalue weighted by atomic mass is 79.9. The number of hydrogen-bond acceptors (Lipinski definition) is 2. The van der Waals surface area contributed by atoms with Gasteiger partial charge in [0.15, 0.2) is 0 Å². The van der Waals surface area contributed by atoms with Gasteiger partial charge in [0.25, 0.3) is 0 Å². The molecule has 5 heteroatoms. The molecule has 3 nitrogen and oxygen atoms in total. The zero-order valence-corrected chi connectivity index (χ0v) is 18.5. The van der Waals surface area contributed by atoms with Crippen molar-refractivity contribution in [1.82, 2.24) is 9.80 Å². The van der Waals surface area contributed by atoms with E-state index < -0.39 is 0 Å². The summed E-state index contributed by atoms with van der Waals surface area (Å²) in [6.45, 7) is 4.36. The molecular formula is C22H32BrClN2O. The highest BCUT2D eigenvalue weighted by Gasteiger charge is 2.39. The molecular weight excluding hydrogens is 424 g/mol. The average molecular weight is 456 g/mol. The zero-order chi connectivity index (χ0) is 17.9. The van der Waals surface area contributed by atoms with E-state index in [1.807, 2.05) is 0 Å². The van der Waals surface area contributed by atoms with Crippen LogP contribution >= 0.6 is 28.3 Å². The van der Waals surface area contributed by atoms with Crippen molar-refractivity contribution in [2.45, 2.75) is 64.0 Å². The van der Waals surface area contributed by atoms with E-state index in [4.69, 9.17) is 0 Å². The summed E-state index contributed by atoms with van der Waals surface area (Å²) in [6.07, 6.45) is 9.78. The van der Waals surface area contributed by atoms with Crippen molar-refractivity contribution >= 4 is 34.2 Å². The number of rotatable bonds is 4. The first-order chi connectivity index (χ1) is 12.7. The standard InChI is InChI=1S/C22H31BrN2O.ClH/c23-20-7-4-3-6-19(20)16-24-14-11-17(12-15-24)21-8-2-1-5-13-25(21)22(26)18-9-10-18;/h3-4,6-7,17-18,21H,1-2,5,8-16H2;1H. The van der Waals surface area contributed by atoms with Crippen molar-refractivity contribution in [2.75, 3.05) is 19.6 Å². The lowest BCUT2D eigenvalue weighted by Gasteiger charge is -2.41. The van der Waals surface area contributed by atoms with Crippen molar-refractivity contribution in [3.63, 3.8) is 0 Å². The molecule has 1 aromatic rings. The van der Waals surface area contributed by atoms with Gasteiger partial charge in [-0.05, 0) is 69.2 Å². The van der Waals surface area contributed by atoms with Crippen LogP contribution in [0.1, 0.15) is 56.9 Å². The Kier molecular flexibility index (Phi) is 7.64. The Balaban J connectivity index is 0.00000210. The van der Waals surface area contributed by atoms with Crippen LogP contribution in [0.25, 0.3) is 0 Å². The summed E-state index contributed by atoms with van der Waals surface area (Å²) in [6, 6.07) is 9.07. The summed E-state index contributed by atoms with van der Waals surface area (Å²) in [5.41, 5.74) is 1.38. The molecule has 3 fully saturated rings. The molecule has 4 rings (SSSR count). The largest absolute Gasteiger partial charge is 0.339 e. The Morgan fingerprint density at radius 2 is 1.70 bits per heavy atom. The second kappa shape index (κ2) is 9.76. The van der Waals surface area contributed by atoms with Crippen LogP contribution in [0, 0.1) is 11.8 Å². The lowest BCUT2D eigenvalue weighted by Crippen LogP contribution is -2.48. The normalized spacial score (nSPS) is 24.9. The Labute approximate surface area is 178 Å². The Hall–Kier alpha value is -0.580. The zero-order valence-electron chi connectivity index (χ0n) is 16.1. The van der Waals surface area contributed by atoms with Gasteiger partial charge in [-0.1, -0.05) is 47.0 Å². The number of halogens is 2. The van der Waals surface area contributed by atoms with Gasteiger partial charge < -0.3 is 4.90 Å². The summed E-state index contributed by atoms with van der Waals surface area (Å²) in [5.74, 6) is 1.55. The van der Waals surface area contributed by atoms with Crippen molar-refractivity contribution in [3.05, 3.63) is 34.3 Å². The Bertz CT molecular complexity index is 628. The number of hydrogen-bond donors (Lipinski definition) is 0. The van der Waals surface area contributed by atoms with Crippen molar-refractivity contribution < 1.29 is 4.79 Å². The first kappa shape index (κ1) is 21.1. The molecule has 1 saturated carbocycles. The topological polar surface area (TPSA) is 23.6 Å². The summed E-state index contributed by atoms with van der Waals surface area (Å²) in [4.78, 5) is 17.7. The van der Waals surface area contributed by atoms with Gasteiger partial charge in [-0.25, -0.2) is 0 Å². The van der Waals surface area contributed by atoms with Crippen LogP contribution in [0.4, 0.5) is 0 Å². The minimum atomic E-state index is 0. The van der Waals surface area contributed by atoms with Crippen LogP contribution in [0.15, 0.2) is 28.7 Å². The molecule has 0 aromatic heterocycles. The van der Waals surface area contributed by atoms with Crippen molar-refractivity contribution in [2.24, 2.45) is 11.8 Å². The lowest BCUT2D eigenvalue weighted by molar-refractivity contribution is -0.136. The maximum absolute atomic E-state index is 12.8. The Morgan fingerprint density at radius 3 is 2.41 bits per heavy atom. The second-order valence-corrected chi connectivity index (χ2v) is 9.28. The predicted octanol–water partition coefficient (Wildman–Crippen LogP) is 5.26. The van der Waals surface area contributed by atoms with Gasteiger partial charge >= 0.3 is 0 Å². The lowest BCUT2D eigenvalue weighted by atomic mass is 9.85. The molecule has 0 radical (unpaired) electrons. The maximum Gasteiger partial charge on any atom is 0.225 e. The number of amides is 1. The van der Waals surface area contributed by atoms with Crippen molar-refractivity contribution in [1.29, 1.82) is 0 Å². The van der Waals surface area contributed by atoms with E-state index in [1.165, 1.54) is 48.6 Å². The third-order valence-corrected chi connectivity index (χ3v) is 7.31. The molecule has 1 atom stereocenters. The molecule has 2 saturated heterocycles. The van der Waals surface area contributed by atoms with Gasteiger partial charge in [-0.2, -0.15) is 0 Å². The van der Waals surface area contributed by atoms with Crippen LogP contribution in [-0.2, 0) is 11.3 Å². The van der Waals surface area contributed by atoms with Gasteiger partial charge in [-0.3, -0.25) is 9.69 Å². The third kappa shape index (κ3) is 5.27. The van der Waals surface area contributed by atoms with E-state index in [0.717, 1.165) is 39.0 Å².